The van der Waals surface area contributed by atoms with Crippen molar-refractivity contribution in [2.75, 3.05) is 26.2 Å². The predicted molar refractivity (Wildman–Crippen MR) is 105 cm³/mol. The summed E-state index contributed by atoms with van der Waals surface area (Å²) in [5, 5.41) is 4.09. The van der Waals surface area contributed by atoms with Crippen molar-refractivity contribution in [3.63, 3.8) is 0 Å². The van der Waals surface area contributed by atoms with E-state index in [0.717, 1.165) is 4.90 Å². The zero-order valence-corrected chi connectivity index (χ0v) is 16.6. The maximum atomic E-state index is 13.2. The van der Waals surface area contributed by atoms with Gasteiger partial charge in [-0.15, -0.1) is 0 Å². The largest absolute Gasteiger partial charge is 0.493 e. The molecule has 0 saturated carbocycles. The first kappa shape index (κ1) is 19.7. The highest BCUT2D eigenvalue weighted by molar-refractivity contribution is 6.26. The van der Waals surface area contributed by atoms with Gasteiger partial charge < -0.3 is 19.0 Å². The summed E-state index contributed by atoms with van der Waals surface area (Å²) in [6, 6.07) is 8.53. The van der Waals surface area contributed by atoms with Gasteiger partial charge in [-0.25, -0.2) is 9.29 Å². The standard InChI is InChI=1S/C21H19FN2O6/c1-27-16-9-8-14(18(28-2)19(16)29-3)15-10-21(30-23-15)11-17(25)24(20(21)26)13-6-4-12(22)5-7-13/h4-9H,10-11H2,1-3H3. The highest BCUT2D eigenvalue weighted by Crippen LogP contribution is 2.44. The highest BCUT2D eigenvalue weighted by Gasteiger charge is 2.58. The van der Waals surface area contributed by atoms with Crippen LogP contribution >= 0.6 is 0 Å². The molecule has 2 heterocycles. The van der Waals surface area contributed by atoms with Crippen molar-refractivity contribution in [2.45, 2.75) is 18.4 Å². The van der Waals surface area contributed by atoms with Gasteiger partial charge >= 0.3 is 0 Å². The average molecular weight is 414 g/mol. The van der Waals surface area contributed by atoms with Gasteiger partial charge in [0.1, 0.15) is 5.82 Å². The normalized spacial score (nSPS) is 20.4. The van der Waals surface area contributed by atoms with E-state index in [-0.39, 0.29) is 18.5 Å². The maximum absolute atomic E-state index is 13.2. The zero-order valence-electron chi connectivity index (χ0n) is 16.6. The first-order chi connectivity index (χ1) is 14.4. The van der Waals surface area contributed by atoms with Gasteiger partial charge in [-0.05, 0) is 36.4 Å². The van der Waals surface area contributed by atoms with Gasteiger partial charge in [0, 0.05) is 12.0 Å². The number of halogens is 1. The fourth-order valence-electron chi connectivity index (χ4n) is 3.73. The minimum Gasteiger partial charge on any atom is -0.493 e. The van der Waals surface area contributed by atoms with Crippen LogP contribution in [0.1, 0.15) is 18.4 Å². The molecule has 2 aromatic carbocycles. The maximum Gasteiger partial charge on any atom is 0.281 e. The minimum absolute atomic E-state index is 0.0705. The Morgan fingerprint density at radius 2 is 1.67 bits per heavy atom. The van der Waals surface area contributed by atoms with Gasteiger partial charge in [0.2, 0.25) is 17.3 Å². The number of imide groups is 1. The number of amides is 2. The molecule has 0 aliphatic carbocycles. The van der Waals surface area contributed by atoms with Gasteiger partial charge in [0.15, 0.2) is 11.5 Å². The molecule has 1 atom stereocenters. The molecule has 0 bridgehead atoms. The Hall–Kier alpha value is -3.62. The van der Waals surface area contributed by atoms with Crippen LogP contribution in [-0.4, -0.2) is 44.5 Å². The van der Waals surface area contributed by atoms with Crippen LogP contribution in [0.25, 0.3) is 0 Å². The summed E-state index contributed by atoms with van der Waals surface area (Å²) >= 11 is 0. The molecular formula is C21H19FN2O6. The smallest absolute Gasteiger partial charge is 0.281 e. The molecule has 8 nitrogen and oxygen atoms in total. The summed E-state index contributed by atoms with van der Waals surface area (Å²) in [6.07, 6.45) is -0.104. The molecular weight excluding hydrogens is 395 g/mol. The van der Waals surface area contributed by atoms with Gasteiger partial charge in [0.05, 0.1) is 39.1 Å². The molecule has 4 rings (SSSR count). The van der Waals surface area contributed by atoms with E-state index in [4.69, 9.17) is 19.0 Å². The number of ether oxygens (including phenoxy) is 3. The summed E-state index contributed by atoms with van der Waals surface area (Å²) in [5.41, 5.74) is -0.162. The Kier molecular flexibility index (Phi) is 4.81. The van der Waals surface area contributed by atoms with Crippen molar-refractivity contribution < 1.29 is 33.0 Å². The first-order valence-corrected chi connectivity index (χ1v) is 9.11. The molecule has 0 radical (unpaired) electrons. The van der Waals surface area contributed by atoms with Crippen LogP contribution in [0.3, 0.4) is 0 Å². The number of nitrogens with zero attached hydrogens (tertiary/aromatic N) is 2. The number of methoxy groups -OCH3 is 3. The van der Waals surface area contributed by atoms with E-state index in [0.29, 0.717) is 28.5 Å². The summed E-state index contributed by atoms with van der Waals surface area (Å²) in [7, 11) is 4.47. The number of carbonyl (C=O) groups excluding carboxylic acids is 2. The second-order valence-corrected chi connectivity index (χ2v) is 6.87. The molecule has 30 heavy (non-hydrogen) atoms. The van der Waals surface area contributed by atoms with E-state index >= 15 is 0 Å². The third-order valence-electron chi connectivity index (χ3n) is 5.16. The van der Waals surface area contributed by atoms with E-state index in [2.05, 4.69) is 5.16 Å². The van der Waals surface area contributed by atoms with Crippen LogP contribution < -0.4 is 19.1 Å². The second kappa shape index (κ2) is 7.33. The second-order valence-electron chi connectivity index (χ2n) is 6.87. The third-order valence-corrected chi connectivity index (χ3v) is 5.16. The van der Waals surface area contributed by atoms with Crippen LogP contribution in [0.15, 0.2) is 41.6 Å². The molecule has 2 aliphatic heterocycles. The number of hydrogen-bond donors (Lipinski definition) is 0. The van der Waals surface area contributed by atoms with Crippen molar-refractivity contribution in [3.05, 3.63) is 47.8 Å². The van der Waals surface area contributed by atoms with Crippen molar-refractivity contribution in [1.82, 2.24) is 0 Å². The van der Waals surface area contributed by atoms with Crippen LogP contribution in [-0.2, 0) is 14.4 Å². The molecule has 0 aromatic heterocycles. The number of rotatable bonds is 5. The topological polar surface area (TPSA) is 86.7 Å². The molecule has 156 valence electrons. The molecule has 2 aliphatic rings. The lowest BCUT2D eigenvalue weighted by molar-refractivity contribution is -0.136. The van der Waals surface area contributed by atoms with Crippen molar-refractivity contribution in [3.8, 4) is 17.2 Å². The summed E-state index contributed by atoms with van der Waals surface area (Å²) in [5.74, 6) is -0.219. The number of oxime groups is 1. The first-order valence-electron chi connectivity index (χ1n) is 9.11. The SMILES string of the molecule is COc1ccc(C2=NOC3(CC(=O)N(c4ccc(F)cc4)C3=O)C2)c(OC)c1OC. The van der Waals surface area contributed by atoms with E-state index in [1.54, 1.807) is 12.1 Å². The molecule has 9 heteroatoms. The fraction of sp³-hybridized carbons (Fsp3) is 0.286. The Balaban J connectivity index is 1.65. The van der Waals surface area contributed by atoms with Crippen molar-refractivity contribution >= 4 is 23.2 Å². The van der Waals surface area contributed by atoms with Gasteiger partial charge in [-0.1, -0.05) is 5.16 Å². The van der Waals surface area contributed by atoms with Crippen LogP contribution in [0.2, 0.25) is 0 Å². The molecule has 1 saturated heterocycles. The lowest BCUT2D eigenvalue weighted by Gasteiger charge is -2.19. The van der Waals surface area contributed by atoms with Crippen LogP contribution in [0.4, 0.5) is 10.1 Å². The van der Waals surface area contributed by atoms with Gasteiger partial charge in [-0.2, -0.15) is 0 Å². The summed E-state index contributed by atoms with van der Waals surface area (Å²) in [6.45, 7) is 0. The Morgan fingerprint density at radius 3 is 2.30 bits per heavy atom. The van der Waals surface area contributed by atoms with Crippen LogP contribution in [0.5, 0.6) is 17.2 Å². The molecule has 2 amide bonds. The molecule has 0 N–H and O–H groups in total. The quantitative estimate of drug-likeness (QED) is 0.700. The van der Waals surface area contributed by atoms with Crippen molar-refractivity contribution in [2.24, 2.45) is 5.16 Å². The number of carbonyl (C=O) groups is 2. The lowest BCUT2D eigenvalue weighted by atomic mass is 9.92. The Labute approximate surface area is 171 Å². The predicted octanol–water partition coefficient (Wildman–Crippen LogP) is 2.68. The van der Waals surface area contributed by atoms with E-state index in [1.165, 1.54) is 45.6 Å². The molecule has 1 spiro atoms. The lowest BCUT2D eigenvalue weighted by Crippen LogP contribution is -2.40. The van der Waals surface area contributed by atoms with E-state index in [9.17, 15) is 14.0 Å². The van der Waals surface area contributed by atoms with Crippen molar-refractivity contribution in [1.29, 1.82) is 0 Å². The van der Waals surface area contributed by atoms with Crippen LogP contribution in [0, 0.1) is 5.82 Å². The fourth-order valence-corrected chi connectivity index (χ4v) is 3.73. The number of anilines is 1. The summed E-state index contributed by atoms with van der Waals surface area (Å²) < 4.78 is 29.4. The van der Waals surface area contributed by atoms with Gasteiger partial charge in [-0.3, -0.25) is 9.59 Å². The average Bonchev–Trinajstić information content (AvgIpc) is 3.28. The van der Waals surface area contributed by atoms with Gasteiger partial charge in [0.25, 0.3) is 5.91 Å². The number of benzene rings is 2. The van der Waals surface area contributed by atoms with E-state index < -0.39 is 23.2 Å². The number of hydrogen-bond acceptors (Lipinski definition) is 7. The monoisotopic (exact) mass is 414 g/mol. The highest BCUT2D eigenvalue weighted by atomic mass is 19.1. The Morgan fingerprint density at radius 1 is 0.967 bits per heavy atom. The summed E-state index contributed by atoms with van der Waals surface area (Å²) in [4.78, 5) is 32.3. The Bertz CT molecular complexity index is 1050. The molecule has 1 fully saturated rings. The zero-order chi connectivity index (χ0) is 21.5. The van der Waals surface area contributed by atoms with E-state index in [1.807, 2.05) is 0 Å². The third kappa shape index (κ3) is 2.94. The molecule has 1 unspecified atom stereocenters. The minimum atomic E-state index is -1.45. The molecule has 2 aromatic rings.